The number of hydrogen-bond donors (Lipinski definition) is 1. The highest BCUT2D eigenvalue weighted by Crippen LogP contribution is 2.21. The maximum absolute atomic E-state index is 12.6. The summed E-state index contributed by atoms with van der Waals surface area (Å²) >= 11 is 0.988. The van der Waals surface area contributed by atoms with E-state index in [4.69, 9.17) is 4.42 Å². The molecule has 0 saturated heterocycles. The normalized spacial score (nSPS) is 11.8. The molecule has 0 spiro atoms. The zero-order valence-electron chi connectivity index (χ0n) is 12.8. The molecule has 1 N–H and O–H groups in total. The first-order chi connectivity index (χ1) is 12.1. The fraction of sp³-hybridized carbons (Fsp3) is 0.0625. The average Bonchev–Trinajstić information content (AvgIpc) is 3.31. The zero-order valence-corrected chi connectivity index (χ0v) is 14.4. The summed E-state index contributed by atoms with van der Waals surface area (Å²) in [6, 6.07) is 10.4. The minimum atomic E-state index is -3.70. The quantitative estimate of drug-likeness (QED) is 0.578. The van der Waals surface area contributed by atoms with Crippen LogP contribution < -0.4 is 4.72 Å². The van der Waals surface area contributed by atoms with E-state index in [0.717, 1.165) is 28.5 Å². The van der Waals surface area contributed by atoms with Crippen molar-refractivity contribution in [1.82, 2.24) is 18.5 Å². The fourth-order valence-corrected chi connectivity index (χ4v) is 4.15. The van der Waals surface area contributed by atoms with Gasteiger partial charge < -0.3 is 4.42 Å². The first-order valence-electron chi connectivity index (χ1n) is 7.32. The van der Waals surface area contributed by atoms with Crippen molar-refractivity contribution in [1.29, 1.82) is 0 Å². The highest BCUT2D eigenvalue weighted by molar-refractivity contribution is 7.89. The summed E-state index contributed by atoms with van der Waals surface area (Å²) in [5.41, 5.74) is 3.33. The first-order valence-corrected chi connectivity index (χ1v) is 9.53. The molecule has 0 atom stereocenters. The maximum Gasteiger partial charge on any atom is 0.243 e. The van der Waals surface area contributed by atoms with Gasteiger partial charge in [0, 0.05) is 18.3 Å². The minimum Gasteiger partial charge on any atom is -0.472 e. The van der Waals surface area contributed by atoms with E-state index >= 15 is 0 Å². The third-order valence-corrected chi connectivity index (χ3v) is 5.62. The number of furan rings is 1. The highest BCUT2D eigenvalue weighted by atomic mass is 32.2. The molecule has 4 aromatic rings. The van der Waals surface area contributed by atoms with Crippen molar-refractivity contribution in [3.63, 3.8) is 0 Å². The van der Waals surface area contributed by atoms with Crippen molar-refractivity contribution in [2.24, 2.45) is 0 Å². The van der Waals surface area contributed by atoms with E-state index in [9.17, 15) is 8.42 Å². The number of benzene rings is 1. The van der Waals surface area contributed by atoms with Crippen LogP contribution >= 0.6 is 11.7 Å². The van der Waals surface area contributed by atoms with E-state index in [1.807, 2.05) is 18.2 Å². The Bertz CT molecular complexity index is 1100. The van der Waals surface area contributed by atoms with Gasteiger partial charge in [0.25, 0.3) is 0 Å². The number of hydrogen-bond acceptors (Lipinski definition) is 7. The van der Waals surface area contributed by atoms with E-state index < -0.39 is 10.0 Å². The van der Waals surface area contributed by atoms with Crippen LogP contribution in [0.25, 0.3) is 22.3 Å². The van der Waals surface area contributed by atoms with Gasteiger partial charge in [0.15, 0.2) is 0 Å². The lowest BCUT2D eigenvalue weighted by Crippen LogP contribution is -2.23. The Morgan fingerprint density at radius 2 is 2.04 bits per heavy atom. The molecule has 126 valence electrons. The van der Waals surface area contributed by atoms with Crippen molar-refractivity contribution in [3.8, 4) is 11.3 Å². The van der Waals surface area contributed by atoms with E-state index in [0.29, 0.717) is 11.0 Å². The van der Waals surface area contributed by atoms with Crippen LogP contribution in [-0.4, -0.2) is 22.1 Å². The average molecular weight is 372 g/mol. The molecule has 3 aromatic heterocycles. The Balaban J connectivity index is 1.53. The van der Waals surface area contributed by atoms with Gasteiger partial charge in [0.1, 0.15) is 15.9 Å². The van der Waals surface area contributed by atoms with E-state index in [2.05, 4.69) is 18.5 Å². The molecule has 0 radical (unpaired) electrons. The number of nitrogens with zero attached hydrogens (tertiary/aromatic N) is 3. The topological polar surface area (TPSA) is 98.0 Å². The summed E-state index contributed by atoms with van der Waals surface area (Å²) in [5, 5.41) is 0. The largest absolute Gasteiger partial charge is 0.472 e. The molecular weight excluding hydrogens is 360 g/mol. The molecule has 1 aromatic carbocycles. The van der Waals surface area contributed by atoms with Gasteiger partial charge in [-0.3, -0.25) is 4.98 Å². The van der Waals surface area contributed by atoms with E-state index in [1.165, 1.54) is 6.07 Å². The molecule has 0 amide bonds. The molecule has 0 aliphatic heterocycles. The van der Waals surface area contributed by atoms with E-state index in [1.54, 1.807) is 30.9 Å². The molecule has 0 saturated carbocycles. The lowest BCUT2D eigenvalue weighted by Gasteiger charge is -2.07. The van der Waals surface area contributed by atoms with Gasteiger partial charge in [0.05, 0.1) is 29.9 Å². The standard InChI is InChI=1S/C16H12N4O3S2/c21-25(22,15-3-1-2-14-16(15)20-24-19-14)18-9-11-4-5-13(17-8-11)12-6-7-23-10-12/h1-8,10,18H,9H2. The number of fused-ring (bicyclic) bond motifs is 1. The summed E-state index contributed by atoms with van der Waals surface area (Å²) in [6.07, 6.45) is 4.82. The molecule has 4 rings (SSSR count). The van der Waals surface area contributed by atoms with Crippen LogP contribution in [0.1, 0.15) is 5.56 Å². The second-order valence-corrected chi connectivity index (χ2v) is 7.54. The SMILES string of the molecule is O=S(=O)(NCc1ccc(-c2ccoc2)nc1)c1cccc2nsnc12. The Hall–Kier alpha value is -2.62. The number of pyridine rings is 1. The van der Waals surface area contributed by atoms with Crippen LogP contribution in [0.2, 0.25) is 0 Å². The van der Waals surface area contributed by atoms with Gasteiger partial charge in [-0.05, 0) is 29.8 Å². The predicted octanol–water partition coefficient (Wildman–Crippen LogP) is 2.82. The first kappa shape index (κ1) is 15.9. The van der Waals surface area contributed by atoms with Crippen LogP contribution in [0.5, 0.6) is 0 Å². The molecule has 0 aliphatic carbocycles. The van der Waals surface area contributed by atoms with Crippen molar-refractivity contribution in [2.75, 3.05) is 0 Å². The zero-order chi connectivity index (χ0) is 17.3. The van der Waals surface area contributed by atoms with Gasteiger partial charge in [-0.15, -0.1) is 0 Å². The lowest BCUT2D eigenvalue weighted by atomic mass is 10.2. The Kier molecular flexibility index (Phi) is 4.04. The number of nitrogens with one attached hydrogen (secondary N) is 1. The lowest BCUT2D eigenvalue weighted by molar-refractivity contribution is 0.568. The van der Waals surface area contributed by atoms with Crippen molar-refractivity contribution >= 4 is 32.8 Å². The molecule has 0 unspecified atom stereocenters. The summed E-state index contributed by atoms with van der Waals surface area (Å²) in [7, 11) is -3.70. The van der Waals surface area contributed by atoms with Gasteiger partial charge >= 0.3 is 0 Å². The molecule has 0 bridgehead atoms. The molecular formula is C16H12N4O3S2. The third kappa shape index (κ3) is 3.16. The second-order valence-electron chi connectivity index (χ2n) is 5.28. The number of rotatable bonds is 5. The predicted molar refractivity (Wildman–Crippen MR) is 93.4 cm³/mol. The molecule has 7 nitrogen and oxygen atoms in total. The maximum atomic E-state index is 12.6. The van der Waals surface area contributed by atoms with Gasteiger partial charge in [0.2, 0.25) is 10.0 Å². The van der Waals surface area contributed by atoms with Crippen LogP contribution in [0, 0.1) is 0 Å². The molecule has 9 heteroatoms. The van der Waals surface area contributed by atoms with Gasteiger partial charge in [-0.1, -0.05) is 12.1 Å². The van der Waals surface area contributed by atoms with Gasteiger partial charge in [-0.2, -0.15) is 8.75 Å². The van der Waals surface area contributed by atoms with E-state index in [-0.39, 0.29) is 11.4 Å². The summed E-state index contributed by atoms with van der Waals surface area (Å²) in [5.74, 6) is 0. The summed E-state index contributed by atoms with van der Waals surface area (Å²) in [4.78, 5) is 4.45. The number of sulfonamides is 1. The molecule has 25 heavy (non-hydrogen) atoms. The third-order valence-electron chi connectivity index (χ3n) is 3.65. The smallest absolute Gasteiger partial charge is 0.243 e. The van der Waals surface area contributed by atoms with Crippen molar-refractivity contribution < 1.29 is 12.8 Å². The van der Waals surface area contributed by atoms with Crippen molar-refractivity contribution in [2.45, 2.75) is 11.4 Å². The Morgan fingerprint density at radius 1 is 1.12 bits per heavy atom. The highest BCUT2D eigenvalue weighted by Gasteiger charge is 2.19. The minimum absolute atomic E-state index is 0.127. The molecule has 0 fully saturated rings. The summed E-state index contributed by atoms with van der Waals surface area (Å²) < 4.78 is 40.9. The Morgan fingerprint density at radius 3 is 2.80 bits per heavy atom. The van der Waals surface area contributed by atoms with Crippen LogP contribution in [0.4, 0.5) is 0 Å². The van der Waals surface area contributed by atoms with Gasteiger partial charge in [-0.25, -0.2) is 13.1 Å². The van der Waals surface area contributed by atoms with Crippen LogP contribution in [0.15, 0.2) is 64.4 Å². The Labute approximate surface area is 147 Å². The van der Waals surface area contributed by atoms with Crippen molar-refractivity contribution in [3.05, 3.63) is 60.7 Å². The molecule has 3 heterocycles. The fourth-order valence-electron chi connectivity index (χ4n) is 2.36. The summed E-state index contributed by atoms with van der Waals surface area (Å²) in [6.45, 7) is 0.134. The monoisotopic (exact) mass is 372 g/mol. The second kappa shape index (κ2) is 6.36. The van der Waals surface area contributed by atoms with Crippen LogP contribution in [-0.2, 0) is 16.6 Å². The number of aromatic nitrogens is 3. The van der Waals surface area contributed by atoms with Crippen LogP contribution in [0.3, 0.4) is 0 Å². The molecule has 0 aliphatic rings.